The highest BCUT2D eigenvalue weighted by atomic mass is 79.9. The molecule has 100 valence electrons. The molecule has 0 saturated carbocycles. The van der Waals surface area contributed by atoms with E-state index >= 15 is 0 Å². The van der Waals surface area contributed by atoms with Crippen molar-refractivity contribution < 1.29 is 0 Å². The van der Waals surface area contributed by atoms with E-state index in [1.165, 1.54) is 18.5 Å². The second kappa shape index (κ2) is 5.43. The van der Waals surface area contributed by atoms with Gasteiger partial charge in [0.1, 0.15) is 5.69 Å². The van der Waals surface area contributed by atoms with Crippen molar-refractivity contribution in [1.29, 1.82) is 0 Å². The first-order valence-electron chi connectivity index (χ1n) is 6.61. The summed E-state index contributed by atoms with van der Waals surface area (Å²) in [4.78, 5) is 4.06. The van der Waals surface area contributed by atoms with E-state index < -0.39 is 0 Å². The van der Waals surface area contributed by atoms with Crippen LogP contribution in [0.3, 0.4) is 0 Å². The molecule has 3 heterocycles. The second-order valence-electron chi connectivity index (χ2n) is 4.93. The summed E-state index contributed by atoms with van der Waals surface area (Å²) in [6.45, 7) is 2.18. The number of piperidine rings is 1. The lowest BCUT2D eigenvalue weighted by molar-refractivity contribution is 0.439. The monoisotopic (exact) mass is 320 g/mol. The number of hydrogen-bond acceptors (Lipinski definition) is 3. The maximum Gasteiger partial charge on any atom is 0.107 e. The zero-order valence-electron chi connectivity index (χ0n) is 10.9. The van der Waals surface area contributed by atoms with Crippen LogP contribution < -0.4 is 5.32 Å². The minimum absolute atomic E-state index is 0.587. The van der Waals surface area contributed by atoms with E-state index in [-0.39, 0.29) is 0 Å². The summed E-state index contributed by atoms with van der Waals surface area (Å²) >= 11 is 3.75. The SMILES string of the molecule is Cn1nc(-c2ccncc2)c(Br)c1C1CCNCC1. The molecule has 3 rings (SSSR count). The predicted molar refractivity (Wildman–Crippen MR) is 79.0 cm³/mol. The van der Waals surface area contributed by atoms with Gasteiger partial charge in [0.15, 0.2) is 0 Å². The van der Waals surface area contributed by atoms with Gasteiger partial charge in [-0.25, -0.2) is 0 Å². The molecule has 2 aromatic heterocycles. The molecule has 0 atom stereocenters. The van der Waals surface area contributed by atoms with Gasteiger partial charge in [-0.1, -0.05) is 0 Å². The second-order valence-corrected chi connectivity index (χ2v) is 5.72. The summed E-state index contributed by atoms with van der Waals surface area (Å²) in [5, 5.41) is 8.09. The van der Waals surface area contributed by atoms with Gasteiger partial charge in [-0.05, 0) is 54.0 Å². The number of aromatic nitrogens is 3. The fourth-order valence-corrected chi connectivity index (χ4v) is 3.63. The predicted octanol–water partition coefficient (Wildman–Crippen LogP) is 2.71. The molecule has 0 radical (unpaired) electrons. The molecule has 1 N–H and O–H groups in total. The molecule has 0 aliphatic carbocycles. The third-order valence-corrected chi connectivity index (χ3v) is 4.49. The molecule has 1 saturated heterocycles. The number of nitrogens with zero attached hydrogens (tertiary/aromatic N) is 3. The summed E-state index contributed by atoms with van der Waals surface area (Å²) in [5.74, 6) is 0.587. The maximum atomic E-state index is 4.68. The van der Waals surface area contributed by atoms with Crippen LogP contribution in [-0.4, -0.2) is 27.9 Å². The zero-order chi connectivity index (χ0) is 13.2. The Hall–Kier alpha value is -1.20. The van der Waals surface area contributed by atoms with Crippen molar-refractivity contribution in [2.45, 2.75) is 18.8 Å². The van der Waals surface area contributed by atoms with Gasteiger partial charge in [0.2, 0.25) is 0 Å². The molecule has 1 aliphatic heterocycles. The molecule has 5 heteroatoms. The van der Waals surface area contributed by atoms with Gasteiger partial charge < -0.3 is 5.32 Å². The third-order valence-electron chi connectivity index (χ3n) is 3.71. The highest BCUT2D eigenvalue weighted by Gasteiger charge is 2.24. The van der Waals surface area contributed by atoms with Crippen LogP contribution in [0.2, 0.25) is 0 Å². The molecular weight excluding hydrogens is 304 g/mol. The molecule has 0 aromatic carbocycles. The standard InChI is InChI=1S/C14H17BrN4/c1-19-14(11-4-8-17-9-5-11)12(15)13(18-19)10-2-6-16-7-3-10/h2-3,6-7,11,17H,4-5,8-9H2,1H3. The largest absolute Gasteiger partial charge is 0.317 e. The van der Waals surface area contributed by atoms with Gasteiger partial charge in [-0.2, -0.15) is 5.10 Å². The average Bonchev–Trinajstić information content (AvgIpc) is 2.76. The first-order chi connectivity index (χ1) is 9.27. The quantitative estimate of drug-likeness (QED) is 0.925. The fraction of sp³-hybridized carbons (Fsp3) is 0.429. The van der Waals surface area contributed by atoms with Gasteiger partial charge in [0.25, 0.3) is 0 Å². The molecule has 1 fully saturated rings. The highest BCUT2D eigenvalue weighted by molar-refractivity contribution is 9.10. The molecule has 0 spiro atoms. The van der Waals surface area contributed by atoms with Crippen LogP contribution in [0.15, 0.2) is 29.0 Å². The smallest absolute Gasteiger partial charge is 0.107 e. The topological polar surface area (TPSA) is 42.7 Å². The molecule has 0 amide bonds. The van der Waals surface area contributed by atoms with Crippen LogP contribution in [0, 0.1) is 0 Å². The van der Waals surface area contributed by atoms with Gasteiger partial charge in [-0.15, -0.1) is 0 Å². The van der Waals surface area contributed by atoms with Crippen LogP contribution in [0.1, 0.15) is 24.5 Å². The van der Waals surface area contributed by atoms with E-state index in [0.717, 1.165) is 28.8 Å². The van der Waals surface area contributed by atoms with Gasteiger partial charge >= 0.3 is 0 Å². The molecule has 0 bridgehead atoms. The maximum absolute atomic E-state index is 4.68. The third kappa shape index (κ3) is 2.44. The zero-order valence-corrected chi connectivity index (χ0v) is 12.5. The van der Waals surface area contributed by atoms with Crippen molar-refractivity contribution in [2.75, 3.05) is 13.1 Å². The molecular formula is C14H17BrN4. The summed E-state index contributed by atoms with van der Waals surface area (Å²) in [6, 6.07) is 4.00. The molecule has 2 aromatic rings. The Kier molecular flexibility index (Phi) is 3.66. The van der Waals surface area contributed by atoms with Crippen molar-refractivity contribution in [1.82, 2.24) is 20.1 Å². The lowest BCUT2D eigenvalue weighted by Gasteiger charge is -2.23. The van der Waals surface area contributed by atoms with Gasteiger partial charge in [0.05, 0.1) is 10.2 Å². The minimum atomic E-state index is 0.587. The molecule has 1 aliphatic rings. The van der Waals surface area contributed by atoms with Crippen LogP contribution >= 0.6 is 15.9 Å². The van der Waals surface area contributed by atoms with Gasteiger partial charge in [0, 0.05) is 30.9 Å². The number of rotatable bonds is 2. The van der Waals surface area contributed by atoms with Gasteiger partial charge in [-0.3, -0.25) is 9.67 Å². The Morgan fingerprint density at radius 3 is 2.63 bits per heavy atom. The number of hydrogen-bond donors (Lipinski definition) is 1. The van der Waals surface area contributed by atoms with E-state index in [9.17, 15) is 0 Å². The van der Waals surface area contributed by atoms with E-state index in [0.29, 0.717) is 5.92 Å². The molecule has 4 nitrogen and oxygen atoms in total. The average molecular weight is 321 g/mol. The summed E-state index contributed by atoms with van der Waals surface area (Å²) < 4.78 is 3.16. The van der Waals surface area contributed by atoms with E-state index in [1.54, 1.807) is 12.4 Å². The van der Waals surface area contributed by atoms with Crippen molar-refractivity contribution in [3.05, 3.63) is 34.7 Å². The van der Waals surface area contributed by atoms with Crippen LogP contribution in [0.4, 0.5) is 0 Å². The van der Waals surface area contributed by atoms with Crippen LogP contribution in [0.25, 0.3) is 11.3 Å². The first kappa shape index (κ1) is 12.8. The minimum Gasteiger partial charge on any atom is -0.317 e. The Labute approximate surface area is 121 Å². The van der Waals surface area contributed by atoms with Crippen LogP contribution in [-0.2, 0) is 7.05 Å². The van der Waals surface area contributed by atoms with Crippen LogP contribution in [0.5, 0.6) is 0 Å². The first-order valence-corrected chi connectivity index (χ1v) is 7.40. The molecule has 19 heavy (non-hydrogen) atoms. The molecule has 0 unspecified atom stereocenters. The summed E-state index contributed by atoms with van der Waals surface area (Å²) in [6.07, 6.45) is 5.96. The number of halogens is 1. The summed E-state index contributed by atoms with van der Waals surface area (Å²) in [5.41, 5.74) is 3.43. The lowest BCUT2D eigenvalue weighted by atomic mass is 9.94. The van der Waals surface area contributed by atoms with E-state index in [4.69, 9.17) is 0 Å². The lowest BCUT2D eigenvalue weighted by Crippen LogP contribution is -2.27. The Bertz CT molecular complexity index is 558. The Balaban J connectivity index is 2.00. The Morgan fingerprint density at radius 1 is 1.26 bits per heavy atom. The number of pyridine rings is 1. The normalized spacial score (nSPS) is 16.7. The highest BCUT2D eigenvalue weighted by Crippen LogP contribution is 2.36. The number of aryl methyl sites for hydroxylation is 1. The van der Waals surface area contributed by atoms with Crippen molar-refractivity contribution in [3.63, 3.8) is 0 Å². The fourth-order valence-electron chi connectivity index (χ4n) is 2.74. The van der Waals surface area contributed by atoms with E-state index in [2.05, 4.69) is 31.3 Å². The Morgan fingerprint density at radius 2 is 1.95 bits per heavy atom. The van der Waals surface area contributed by atoms with Crippen molar-refractivity contribution in [3.8, 4) is 11.3 Å². The van der Waals surface area contributed by atoms with Crippen molar-refractivity contribution >= 4 is 15.9 Å². The number of nitrogens with one attached hydrogen (secondary N) is 1. The van der Waals surface area contributed by atoms with Crippen molar-refractivity contribution in [2.24, 2.45) is 7.05 Å². The van der Waals surface area contributed by atoms with E-state index in [1.807, 2.05) is 23.9 Å². The summed E-state index contributed by atoms with van der Waals surface area (Å²) in [7, 11) is 2.03.